The number of pyridine rings is 1. The summed E-state index contributed by atoms with van der Waals surface area (Å²) in [6.45, 7) is 25.5. The van der Waals surface area contributed by atoms with Gasteiger partial charge in [0.15, 0.2) is 17.1 Å². The van der Waals surface area contributed by atoms with Gasteiger partial charge in [0, 0.05) is 23.6 Å². The minimum atomic E-state index is -0.259. The Kier molecular flexibility index (Phi) is 12.2. The van der Waals surface area contributed by atoms with Gasteiger partial charge < -0.3 is 4.42 Å². The van der Waals surface area contributed by atoms with Crippen molar-refractivity contribution in [1.82, 2.24) is 4.98 Å². The summed E-state index contributed by atoms with van der Waals surface area (Å²) in [5.74, 6) is 0.851. The van der Waals surface area contributed by atoms with Gasteiger partial charge in [-0.1, -0.05) is 101 Å². The van der Waals surface area contributed by atoms with Crippen LogP contribution < -0.4 is 0 Å². The molecule has 0 aliphatic carbocycles. The summed E-state index contributed by atoms with van der Waals surface area (Å²) in [7, 11) is 0. The van der Waals surface area contributed by atoms with Gasteiger partial charge >= 0.3 is 0 Å². The monoisotopic (exact) mass is 511 g/mol. The number of ketones is 1. The minimum absolute atomic E-state index is 0.0548. The maximum Gasteiger partial charge on any atom is 0.197 e. The molecule has 0 saturated heterocycles. The van der Waals surface area contributed by atoms with Crippen LogP contribution in [0.25, 0.3) is 22.4 Å². The fraction of sp³-hybridized carbons (Fsp3) is 0.576. The number of unbranched alkanes of at least 4 members (excludes halogenated alkanes) is 1. The van der Waals surface area contributed by atoms with Gasteiger partial charge in [0.25, 0.3) is 0 Å². The third-order valence-electron chi connectivity index (χ3n) is 5.87. The van der Waals surface area contributed by atoms with Gasteiger partial charge in [-0.2, -0.15) is 0 Å². The van der Waals surface area contributed by atoms with E-state index in [0.717, 1.165) is 11.5 Å². The first-order valence-corrected chi connectivity index (χ1v) is 13.8. The predicted molar refractivity (Wildman–Crippen MR) is 157 cm³/mol. The van der Waals surface area contributed by atoms with Crippen molar-refractivity contribution in [2.45, 2.75) is 114 Å². The number of hydrogen-bond acceptors (Lipinski definition) is 3. The van der Waals surface area contributed by atoms with Crippen molar-refractivity contribution in [3.05, 3.63) is 53.0 Å². The fourth-order valence-electron chi connectivity index (χ4n) is 4.02. The van der Waals surface area contributed by atoms with Crippen LogP contribution in [-0.2, 0) is 5.41 Å². The molecule has 0 spiro atoms. The molecule has 0 aliphatic rings. The van der Waals surface area contributed by atoms with Gasteiger partial charge in [-0.15, -0.1) is 0 Å². The molecule has 37 heavy (non-hydrogen) atoms. The Balaban J connectivity index is 0.000000478. The summed E-state index contributed by atoms with van der Waals surface area (Å²) in [5, 5.41) is 0. The number of nitrogens with zero attached hydrogens (tertiary/aromatic N) is 1. The first-order valence-electron chi connectivity index (χ1n) is 13.8. The molecule has 3 rings (SSSR count). The zero-order chi connectivity index (χ0) is 28.6. The number of halogens is 1. The van der Waals surface area contributed by atoms with E-state index in [1.54, 1.807) is 26.0 Å². The maximum absolute atomic E-state index is 14.0. The molecule has 2 heterocycles. The van der Waals surface area contributed by atoms with E-state index in [4.69, 9.17) is 4.42 Å². The number of aryl methyl sites for hydroxylation is 1. The van der Waals surface area contributed by atoms with Gasteiger partial charge in [-0.05, 0) is 47.8 Å². The highest BCUT2D eigenvalue weighted by Gasteiger charge is 2.24. The SMILES string of the molecule is CC(C)CC(C)(C)C.CCC(=O)c1cc2nc(-c3ccc(C)c(F)c3)cc(C(C)(C)C)c2o1.CCCC. The van der Waals surface area contributed by atoms with Crippen molar-refractivity contribution in [3.63, 3.8) is 0 Å². The zero-order valence-electron chi connectivity index (χ0n) is 25.4. The molecule has 2 aromatic heterocycles. The molecule has 0 bridgehead atoms. The molecular formula is C33H50FNO2. The summed E-state index contributed by atoms with van der Waals surface area (Å²) >= 11 is 0. The highest BCUT2D eigenvalue weighted by molar-refractivity contribution is 5.97. The van der Waals surface area contributed by atoms with E-state index < -0.39 is 0 Å². The average Bonchev–Trinajstić information content (AvgIpc) is 3.22. The van der Waals surface area contributed by atoms with E-state index in [1.807, 2.05) is 12.1 Å². The van der Waals surface area contributed by atoms with Crippen LogP contribution in [0.1, 0.15) is 124 Å². The average molecular weight is 512 g/mol. The van der Waals surface area contributed by atoms with Crippen LogP contribution in [0.2, 0.25) is 0 Å². The molecule has 0 atom stereocenters. The molecule has 0 aliphatic heterocycles. The van der Waals surface area contributed by atoms with Crippen LogP contribution in [0.4, 0.5) is 4.39 Å². The van der Waals surface area contributed by atoms with Crippen molar-refractivity contribution < 1.29 is 13.6 Å². The Morgan fingerprint density at radius 2 is 1.57 bits per heavy atom. The molecule has 0 unspecified atom stereocenters. The van der Waals surface area contributed by atoms with E-state index in [0.29, 0.717) is 45.5 Å². The smallest absolute Gasteiger partial charge is 0.197 e. The lowest BCUT2D eigenvalue weighted by molar-refractivity contribution is 0.0963. The summed E-state index contributed by atoms with van der Waals surface area (Å²) in [6, 6.07) is 8.71. The van der Waals surface area contributed by atoms with Crippen LogP contribution in [0.15, 0.2) is 34.7 Å². The molecule has 0 radical (unpaired) electrons. The number of aromatic nitrogens is 1. The maximum atomic E-state index is 14.0. The van der Waals surface area contributed by atoms with Crippen LogP contribution in [0.5, 0.6) is 0 Å². The number of fused-ring (bicyclic) bond motifs is 1. The molecule has 206 valence electrons. The quantitative estimate of drug-likeness (QED) is 0.320. The zero-order valence-corrected chi connectivity index (χ0v) is 25.4. The number of carbonyl (C=O) groups excluding carboxylic acids is 1. The van der Waals surface area contributed by atoms with E-state index in [9.17, 15) is 9.18 Å². The molecule has 0 saturated carbocycles. The van der Waals surface area contributed by atoms with Gasteiger partial charge in [0.1, 0.15) is 11.3 Å². The third-order valence-corrected chi connectivity index (χ3v) is 5.87. The number of carbonyl (C=O) groups is 1. The Bertz CT molecular complexity index is 1140. The Hall–Kier alpha value is -2.49. The normalized spacial score (nSPS) is 11.6. The van der Waals surface area contributed by atoms with Crippen molar-refractivity contribution in [2.75, 3.05) is 0 Å². The molecule has 0 N–H and O–H groups in total. The van der Waals surface area contributed by atoms with Crippen molar-refractivity contribution in [3.8, 4) is 11.3 Å². The van der Waals surface area contributed by atoms with Crippen LogP contribution in [0, 0.1) is 24.1 Å². The number of benzene rings is 1. The molecule has 1 aromatic carbocycles. The standard InChI is InChI=1S/C21H22FNO2.C8H18.C4H10/c1-6-18(24)19-11-17-20(25-19)14(21(3,4)5)10-16(23-17)13-8-7-12(2)15(22)9-13;1-7(2)6-8(3,4)5;1-3-4-2/h7-11H,6H2,1-5H3;7H,6H2,1-5H3;3-4H2,1-2H3. The molecule has 3 nitrogen and oxygen atoms in total. The first-order chi connectivity index (χ1) is 17.0. The van der Waals surface area contributed by atoms with Crippen molar-refractivity contribution in [2.24, 2.45) is 11.3 Å². The molecule has 0 fully saturated rings. The number of rotatable bonds is 5. The molecule has 0 amide bonds. The van der Waals surface area contributed by atoms with E-state index >= 15 is 0 Å². The van der Waals surface area contributed by atoms with Gasteiger partial charge in [-0.25, -0.2) is 9.37 Å². The summed E-state index contributed by atoms with van der Waals surface area (Å²) in [6.07, 6.45) is 4.34. The third kappa shape index (κ3) is 10.4. The second kappa shape index (κ2) is 13.9. The van der Waals surface area contributed by atoms with Crippen molar-refractivity contribution >= 4 is 16.9 Å². The summed E-state index contributed by atoms with van der Waals surface area (Å²) in [4.78, 5) is 16.6. The molecular weight excluding hydrogens is 461 g/mol. The molecule has 3 aromatic rings. The van der Waals surface area contributed by atoms with E-state index in [2.05, 4.69) is 74.2 Å². The highest BCUT2D eigenvalue weighted by Crippen LogP contribution is 2.35. The fourth-order valence-corrected chi connectivity index (χ4v) is 4.02. The largest absolute Gasteiger partial charge is 0.451 e. The summed E-state index contributed by atoms with van der Waals surface area (Å²) in [5.41, 5.74) is 4.50. The van der Waals surface area contributed by atoms with E-state index in [1.165, 1.54) is 25.3 Å². The van der Waals surface area contributed by atoms with Crippen LogP contribution in [-0.4, -0.2) is 10.8 Å². The lowest BCUT2D eigenvalue weighted by Gasteiger charge is -2.20. The van der Waals surface area contributed by atoms with Gasteiger partial charge in [0.05, 0.1) is 5.69 Å². The Morgan fingerprint density at radius 3 is 1.97 bits per heavy atom. The predicted octanol–water partition coefficient (Wildman–Crippen LogP) is 10.7. The first kappa shape index (κ1) is 32.5. The topological polar surface area (TPSA) is 43.1 Å². The highest BCUT2D eigenvalue weighted by atomic mass is 19.1. The second-order valence-corrected chi connectivity index (χ2v) is 12.5. The molecule has 4 heteroatoms. The Morgan fingerprint density at radius 1 is 0.973 bits per heavy atom. The lowest BCUT2D eigenvalue weighted by Crippen LogP contribution is -2.12. The number of hydrogen-bond donors (Lipinski definition) is 0. The second-order valence-electron chi connectivity index (χ2n) is 12.5. The minimum Gasteiger partial charge on any atom is -0.451 e. The van der Waals surface area contributed by atoms with Crippen molar-refractivity contribution in [1.29, 1.82) is 0 Å². The lowest BCUT2D eigenvalue weighted by atomic mass is 9.86. The van der Waals surface area contributed by atoms with Crippen LogP contribution >= 0.6 is 0 Å². The van der Waals surface area contributed by atoms with Gasteiger partial charge in [-0.3, -0.25) is 4.79 Å². The Labute approximate surface area is 225 Å². The van der Waals surface area contributed by atoms with Gasteiger partial charge in [0.2, 0.25) is 0 Å². The number of Topliss-reactive ketones (excluding diaryl/α,β-unsaturated/α-hetero) is 1. The summed E-state index contributed by atoms with van der Waals surface area (Å²) < 4.78 is 19.8. The number of furan rings is 1. The van der Waals surface area contributed by atoms with E-state index in [-0.39, 0.29) is 17.0 Å². The van der Waals surface area contributed by atoms with Crippen LogP contribution in [0.3, 0.4) is 0 Å².